The van der Waals surface area contributed by atoms with Crippen molar-refractivity contribution in [2.75, 3.05) is 24.7 Å². The molecule has 0 rings (SSSR count). The molecule has 44 heavy (non-hydrogen) atoms. The first-order chi connectivity index (χ1) is 21.4. The maximum absolute atomic E-state index is 10.4. The Balaban J connectivity index is -0.000000246. The minimum Gasteiger partial charge on any atom is -0.462 e. The Morgan fingerprint density at radius 1 is 0.545 bits per heavy atom. The number of unbranched alkanes of at least 4 members (excludes halogenated alkanes) is 20. The predicted octanol–water partition coefficient (Wildman–Crippen LogP) is 12.5. The van der Waals surface area contributed by atoms with Crippen LogP contribution in [0, 0.1) is 0 Å². The molecular weight excluding hydrogens is 727 g/mol. The van der Waals surface area contributed by atoms with Gasteiger partial charge < -0.3 is 9.84 Å². The van der Waals surface area contributed by atoms with Gasteiger partial charge >= 0.3 is 75.5 Å². The summed E-state index contributed by atoms with van der Waals surface area (Å²) in [7, 11) is 0. The Bertz CT molecular complexity index is 427. The van der Waals surface area contributed by atoms with E-state index in [-0.39, 0.29) is 34.4 Å². The molecule has 0 aliphatic heterocycles. The van der Waals surface area contributed by atoms with Crippen LogP contribution in [0.3, 0.4) is 0 Å². The zero-order chi connectivity index (χ0) is 33.8. The molecule has 0 amide bonds. The van der Waals surface area contributed by atoms with E-state index >= 15 is 0 Å². The maximum atomic E-state index is 10.4. The maximum Gasteiger partial charge on any atom is 0.328 e. The number of esters is 1. The molecule has 0 atom stereocenters. The van der Waals surface area contributed by atoms with E-state index < -0.39 is 10.6 Å². The van der Waals surface area contributed by atoms with Gasteiger partial charge in [0.2, 0.25) is 0 Å². The van der Waals surface area contributed by atoms with Gasteiger partial charge in [-0.25, -0.2) is 4.79 Å². The average molecular weight is 806 g/mol. The molecule has 2 radical (unpaired) electrons. The molecule has 268 valence electrons. The van der Waals surface area contributed by atoms with Gasteiger partial charge in [0.05, 0.1) is 6.61 Å². The SMILES string of the molecule is CCCCCCCCCCCCS.CCCCCCCCCCCCS.CCC[CH2][Sn][CH2]CCC.O=C(OCCO)C(S)S. The van der Waals surface area contributed by atoms with E-state index in [2.05, 4.69) is 82.9 Å². The Labute approximate surface area is 310 Å². The molecule has 0 bridgehead atoms. The molecule has 0 aromatic carbocycles. The van der Waals surface area contributed by atoms with Crippen molar-refractivity contribution in [1.29, 1.82) is 0 Å². The van der Waals surface area contributed by atoms with Gasteiger partial charge in [0.25, 0.3) is 0 Å². The molecule has 0 saturated carbocycles. The molecule has 0 aliphatic carbocycles. The van der Waals surface area contributed by atoms with Crippen LogP contribution in [0.15, 0.2) is 0 Å². The molecule has 0 aromatic heterocycles. The van der Waals surface area contributed by atoms with Crippen LogP contribution in [0.25, 0.3) is 0 Å². The quantitative estimate of drug-likeness (QED) is 0.0172. The fraction of sp³-hybridized carbons (Fsp3) is 0.972. The van der Waals surface area contributed by atoms with E-state index in [1.54, 1.807) is 8.87 Å². The molecule has 0 aromatic rings. The topological polar surface area (TPSA) is 46.5 Å². The second-order valence-corrected chi connectivity index (χ2v) is 18.1. The second kappa shape index (κ2) is 54.1. The molecule has 3 nitrogen and oxygen atoms in total. The van der Waals surface area contributed by atoms with Crippen LogP contribution < -0.4 is 0 Å². The average Bonchev–Trinajstić information content (AvgIpc) is 3.03. The fourth-order valence-corrected chi connectivity index (χ4v) is 8.90. The molecular formula is C36H78O3S4Sn. The third-order valence-corrected chi connectivity index (χ3v) is 12.1. The number of carbonyl (C=O) groups excluding carboxylic acids is 1. The monoisotopic (exact) mass is 806 g/mol. The summed E-state index contributed by atoms with van der Waals surface area (Å²) in [6.07, 6.45) is 34.2. The number of ether oxygens (including phenoxy) is 1. The van der Waals surface area contributed by atoms with Crippen molar-refractivity contribution in [1.82, 2.24) is 0 Å². The van der Waals surface area contributed by atoms with Crippen LogP contribution in [0.1, 0.15) is 182 Å². The van der Waals surface area contributed by atoms with E-state index in [0.29, 0.717) is 0 Å². The summed E-state index contributed by atoms with van der Waals surface area (Å²) in [6.45, 7) is 8.98. The smallest absolute Gasteiger partial charge is 0.328 e. The minimum atomic E-state index is -0.712. The Morgan fingerprint density at radius 2 is 0.841 bits per heavy atom. The molecule has 0 heterocycles. The van der Waals surface area contributed by atoms with E-state index in [1.165, 1.54) is 154 Å². The number of carbonyl (C=O) groups is 1. The predicted molar refractivity (Wildman–Crippen MR) is 216 cm³/mol. The van der Waals surface area contributed by atoms with Crippen LogP contribution in [0.4, 0.5) is 0 Å². The summed E-state index contributed by atoms with van der Waals surface area (Å²) in [4.78, 5) is 10.4. The van der Waals surface area contributed by atoms with Gasteiger partial charge in [-0.15, -0.1) is 0 Å². The molecule has 0 unspecified atom stereocenters. The first-order valence-electron chi connectivity index (χ1n) is 18.5. The van der Waals surface area contributed by atoms with Gasteiger partial charge in [-0.3, -0.25) is 0 Å². The number of thiol groups is 4. The Kier molecular flexibility index (Phi) is 64.5. The zero-order valence-corrected chi connectivity index (χ0v) is 36.3. The van der Waals surface area contributed by atoms with Crippen molar-refractivity contribution in [3.05, 3.63) is 0 Å². The summed E-state index contributed by atoms with van der Waals surface area (Å²) in [6, 6.07) is 0. The second-order valence-electron chi connectivity index (χ2n) is 11.5. The fourth-order valence-electron chi connectivity index (χ4n) is 4.15. The van der Waals surface area contributed by atoms with Gasteiger partial charge in [0.15, 0.2) is 0 Å². The van der Waals surface area contributed by atoms with Crippen LogP contribution in [0.5, 0.6) is 0 Å². The summed E-state index contributed by atoms with van der Waals surface area (Å²) in [5, 5.41) is 8.17. The number of hydrogen-bond donors (Lipinski definition) is 5. The van der Waals surface area contributed by atoms with Crippen LogP contribution in [0.2, 0.25) is 8.87 Å². The summed E-state index contributed by atoms with van der Waals surface area (Å²) in [5.41, 5.74) is 0. The molecule has 0 saturated heterocycles. The Morgan fingerprint density at radius 3 is 1.09 bits per heavy atom. The molecule has 8 heteroatoms. The summed E-state index contributed by atoms with van der Waals surface area (Å²) >= 11 is 15.9. The van der Waals surface area contributed by atoms with Crippen LogP contribution >= 0.6 is 50.5 Å². The van der Waals surface area contributed by atoms with Crippen LogP contribution in [-0.4, -0.2) is 61.5 Å². The molecule has 1 N–H and O–H groups in total. The van der Waals surface area contributed by atoms with Crippen molar-refractivity contribution in [3.63, 3.8) is 0 Å². The number of rotatable bonds is 29. The standard InChI is InChI=1S/2C12H26S.C4H8O3S2.2C4H9.Sn/c2*1-2-3-4-5-6-7-8-9-10-11-12-13;5-1-2-7-3(6)4(8)9;2*1-3-4-2;/h2*13H,2-12H2,1H3;4-5,8-9H,1-2H2;2*1,3-4H2,2H3;. The Hall–Kier alpha value is 1.63. The minimum absolute atomic E-state index is 0.0104. The van der Waals surface area contributed by atoms with Crippen LogP contribution in [-0.2, 0) is 9.53 Å². The first kappa shape index (κ1) is 52.4. The normalized spacial score (nSPS) is 10.3. The van der Waals surface area contributed by atoms with Crippen molar-refractivity contribution >= 4 is 77.6 Å². The first-order valence-corrected chi connectivity index (χ1v) is 24.8. The van der Waals surface area contributed by atoms with E-state index in [4.69, 9.17) is 5.11 Å². The third kappa shape index (κ3) is 62.5. The molecule has 0 fully saturated rings. The van der Waals surface area contributed by atoms with E-state index in [9.17, 15) is 4.79 Å². The zero-order valence-electron chi connectivity index (χ0n) is 29.8. The van der Waals surface area contributed by atoms with Gasteiger partial charge in [-0.2, -0.15) is 50.5 Å². The molecule has 0 spiro atoms. The summed E-state index contributed by atoms with van der Waals surface area (Å²) in [5.74, 6) is 1.60. The number of hydrogen-bond acceptors (Lipinski definition) is 7. The third-order valence-electron chi connectivity index (χ3n) is 6.98. The largest absolute Gasteiger partial charge is 0.462 e. The number of aliphatic hydroxyl groups is 1. The van der Waals surface area contributed by atoms with Crippen molar-refractivity contribution in [2.45, 2.75) is 195 Å². The summed E-state index contributed by atoms with van der Waals surface area (Å²) < 4.78 is 6.95. The van der Waals surface area contributed by atoms with Gasteiger partial charge in [0, 0.05) is 0 Å². The van der Waals surface area contributed by atoms with Gasteiger partial charge in [-0.05, 0) is 24.3 Å². The van der Waals surface area contributed by atoms with Crippen molar-refractivity contribution in [3.8, 4) is 0 Å². The van der Waals surface area contributed by atoms with E-state index in [0.717, 1.165) is 11.5 Å². The van der Waals surface area contributed by atoms with Crippen molar-refractivity contribution < 1.29 is 14.6 Å². The number of aliphatic hydroxyl groups excluding tert-OH is 1. The van der Waals surface area contributed by atoms with Gasteiger partial charge in [-0.1, -0.05) is 129 Å². The van der Waals surface area contributed by atoms with Gasteiger partial charge in [0.1, 0.15) is 11.2 Å². The van der Waals surface area contributed by atoms with E-state index in [1.807, 2.05) is 0 Å². The molecule has 0 aliphatic rings. The van der Waals surface area contributed by atoms with Crippen molar-refractivity contribution in [2.24, 2.45) is 0 Å².